The Labute approximate surface area is 98.8 Å². The molecule has 2 unspecified atom stereocenters. The van der Waals surface area contributed by atoms with E-state index in [2.05, 4.69) is 18.7 Å². The van der Waals surface area contributed by atoms with Gasteiger partial charge >= 0.3 is 0 Å². The van der Waals surface area contributed by atoms with Crippen molar-refractivity contribution in [3.8, 4) is 0 Å². The highest BCUT2D eigenvalue weighted by Crippen LogP contribution is 2.28. The third-order valence-corrected chi connectivity index (χ3v) is 4.14. The highest BCUT2D eigenvalue weighted by Gasteiger charge is 2.34. The van der Waals surface area contributed by atoms with Crippen LogP contribution in [0.3, 0.4) is 0 Å². The van der Waals surface area contributed by atoms with E-state index in [4.69, 9.17) is 4.74 Å². The minimum Gasteiger partial charge on any atom is -0.393 e. The van der Waals surface area contributed by atoms with E-state index in [0.717, 1.165) is 32.7 Å². The summed E-state index contributed by atoms with van der Waals surface area (Å²) in [7, 11) is 0. The monoisotopic (exact) mass is 227 g/mol. The van der Waals surface area contributed by atoms with Crippen LogP contribution in [-0.4, -0.2) is 48.0 Å². The maximum atomic E-state index is 10.0. The Morgan fingerprint density at radius 2 is 2.06 bits per heavy atom. The summed E-state index contributed by atoms with van der Waals surface area (Å²) < 4.78 is 5.53. The lowest BCUT2D eigenvalue weighted by atomic mass is 9.85. The molecule has 94 valence electrons. The topological polar surface area (TPSA) is 32.7 Å². The van der Waals surface area contributed by atoms with Crippen molar-refractivity contribution >= 4 is 0 Å². The van der Waals surface area contributed by atoms with E-state index in [0.29, 0.717) is 5.92 Å². The van der Waals surface area contributed by atoms with Crippen LogP contribution in [0, 0.1) is 5.92 Å². The van der Waals surface area contributed by atoms with Gasteiger partial charge in [0.25, 0.3) is 0 Å². The van der Waals surface area contributed by atoms with Crippen LogP contribution in [0.1, 0.15) is 39.5 Å². The van der Waals surface area contributed by atoms with E-state index in [9.17, 15) is 5.11 Å². The van der Waals surface area contributed by atoms with Crippen LogP contribution in [0.2, 0.25) is 0 Å². The number of rotatable bonds is 2. The maximum Gasteiger partial charge on any atom is 0.0645 e. The number of aliphatic hydroxyl groups is 1. The second-order valence-electron chi connectivity index (χ2n) is 5.92. The first-order chi connectivity index (χ1) is 7.59. The number of aliphatic hydroxyl groups excluding tert-OH is 1. The summed E-state index contributed by atoms with van der Waals surface area (Å²) >= 11 is 0. The third kappa shape index (κ3) is 2.76. The van der Waals surface area contributed by atoms with Crippen LogP contribution in [-0.2, 0) is 4.74 Å². The van der Waals surface area contributed by atoms with E-state index in [1.54, 1.807) is 0 Å². The first-order valence-electron chi connectivity index (χ1n) is 6.60. The fourth-order valence-corrected chi connectivity index (χ4v) is 2.91. The molecule has 1 aliphatic carbocycles. The number of hydrogen-bond acceptors (Lipinski definition) is 3. The van der Waals surface area contributed by atoms with Crippen molar-refractivity contribution in [1.29, 1.82) is 0 Å². The summed E-state index contributed by atoms with van der Waals surface area (Å²) in [4.78, 5) is 2.50. The smallest absolute Gasteiger partial charge is 0.0645 e. The van der Waals surface area contributed by atoms with Gasteiger partial charge in [0.1, 0.15) is 0 Å². The Bertz CT molecular complexity index is 230. The van der Waals surface area contributed by atoms with Crippen molar-refractivity contribution < 1.29 is 9.84 Å². The van der Waals surface area contributed by atoms with Gasteiger partial charge in [-0.05, 0) is 32.6 Å². The first-order valence-corrected chi connectivity index (χ1v) is 6.60. The fourth-order valence-electron chi connectivity index (χ4n) is 2.91. The van der Waals surface area contributed by atoms with Crippen LogP contribution in [0.5, 0.6) is 0 Å². The van der Waals surface area contributed by atoms with Crippen LogP contribution >= 0.6 is 0 Å². The molecule has 0 amide bonds. The van der Waals surface area contributed by atoms with Gasteiger partial charge in [0.15, 0.2) is 0 Å². The second-order valence-corrected chi connectivity index (χ2v) is 5.92. The van der Waals surface area contributed by atoms with Crippen molar-refractivity contribution in [2.24, 2.45) is 5.92 Å². The van der Waals surface area contributed by atoms with Crippen molar-refractivity contribution in [1.82, 2.24) is 4.90 Å². The molecule has 1 saturated carbocycles. The van der Waals surface area contributed by atoms with Gasteiger partial charge in [-0.25, -0.2) is 0 Å². The molecule has 0 aromatic rings. The van der Waals surface area contributed by atoms with Crippen LogP contribution in [0.25, 0.3) is 0 Å². The summed E-state index contributed by atoms with van der Waals surface area (Å²) in [5, 5.41) is 10.0. The Hall–Kier alpha value is -0.120. The number of ether oxygens (including phenoxy) is 1. The van der Waals surface area contributed by atoms with Gasteiger partial charge in [-0.15, -0.1) is 0 Å². The molecule has 3 nitrogen and oxygen atoms in total. The highest BCUT2D eigenvalue weighted by atomic mass is 16.5. The van der Waals surface area contributed by atoms with Crippen LogP contribution < -0.4 is 0 Å². The third-order valence-electron chi connectivity index (χ3n) is 4.14. The van der Waals surface area contributed by atoms with Crippen molar-refractivity contribution in [2.45, 2.75) is 51.2 Å². The predicted octanol–water partition coefficient (Wildman–Crippen LogP) is 1.65. The summed E-state index contributed by atoms with van der Waals surface area (Å²) in [5.74, 6) is 0.478. The molecule has 1 aliphatic heterocycles. The number of morpholine rings is 1. The summed E-state index contributed by atoms with van der Waals surface area (Å²) in [6.45, 7) is 8.18. The van der Waals surface area contributed by atoms with Gasteiger partial charge in [-0.3, -0.25) is 4.90 Å². The molecule has 0 bridgehead atoms. The molecule has 2 aliphatic rings. The van der Waals surface area contributed by atoms with E-state index >= 15 is 0 Å². The van der Waals surface area contributed by atoms with Crippen molar-refractivity contribution in [3.63, 3.8) is 0 Å². The Balaban J connectivity index is 1.91. The van der Waals surface area contributed by atoms with Gasteiger partial charge in [0.05, 0.1) is 19.3 Å². The molecular formula is C13H25NO2. The van der Waals surface area contributed by atoms with Crippen molar-refractivity contribution in [3.05, 3.63) is 0 Å². The standard InChI is InChI=1S/C13H25NO2/c1-13(2)10-16-8-7-14(13)9-11-5-3-4-6-12(11)15/h11-12,15H,3-10H2,1-2H3. The van der Waals surface area contributed by atoms with Crippen molar-refractivity contribution in [2.75, 3.05) is 26.3 Å². The summed E-state index contributed by atoms with van der Waals surface area (Å²) in [6, 6.07) is 0. The van der Waals surface area contributed by atoms with Gasteiger partial charge in [-0.1, -0.05) is 12.8 Å². The molecule has 16 heavy (non-hydrogen) atoms. The van der Waals surface area contributed by atoms with E-state index in [1.807, 2.05) is 0 Å². The molecule has 1 heterocycles. The zero-order valence-electron chi connectivity index (χ0n) is 10.6. The maximum absolute atomic E-state index is 10.0. The van der Waals surface area contributed by atoms with Gasteiger partial charge in [-0.2, -0.15) is 0 Å². The Morgan fingerprint density at radius 1 is 1.31 bits per heavy atom. The Morgan fingerprint density at radius 3 is 2.75 bits per heavy atom. The molecule has 0 aromatic heterocycles. The average Bonchev–Trinajstić information content (AvgIpc) is 2.24. The molecule has 3 heteroatoms. The molecule has 0 spiro atoms. The number of hydrogen-bond donors (Lipinski definition) is 1. The lowest BCUT2D eigenvalue weighted by molar-refractivity contribution is -0.0699. The van der Waals surface area contributed by atoms with Crippen LogP contribution in [0.15, 0.2) is 0 Å². The van der Waals surface area contributed by atoms with E-state index in [-0.39, 0.29) is 11.6 Å². The lowest BCUT2D eigenvalue weighted by Gasteiger charge is -2.45. The second kappa shape index (κ2) is 5.03. The minimum atomic E-state index is -0.0765. The van der Waals surface area contributed by atoms with Gasteiger partial charge in [0, 0.05) is 18.6 Å². The minimum absolute atomic E-state index is 0.0765. The molecule has 2 atom stereocenters. The SMILES string of the molecule is CC1(C)COCCN1CC1CCCCC1O. The molecule has 2 rings (SSSR count). The molecule has 0 radical (unpaired) electrons. The molecule has 1 N–H and O–H groups in total. The molecular weight excluding hydrogens is 202 g/mol. The largest absolute Gasteiger partial charge is 0.393 e. The average molecular weight is 227 g/mol. The molecule has 1 saturated heterocycles. The predicted molar refractivity (Wildman–Crippen MR) is 64.4 cm³/mol. The van der Waals surface area contributed by atoms with E-state index < -0.39 is 0 Å². The molecule has 2 fully saturated rings. The zero-order chi connectivity index (χ0) is 11.6. The lowest BCUT2D eigenvalue weighted by Crippen LogP contribution is -2.55. The highest BCUT2D eigenvalue weighted by molar-refractivity contribution is 4.87. The molecule has 0 aromatic carbocycles. The fraction of sp³-hybridized carbons (Fsp3) is 1.00. The van der Waals surface area contributed by atoms with E-state index in [1.165, 1.54) is 19.3 Å². The summed E-state index contributed by atoms with van der Waals surface area (Å²) in [5.41, 5.74) is 0.134. The first kappa shape index (κ1) is 12.3. The normalized spacial score (nSPS) is 36.2. The Kier molecular flexibility index (Phi) is 3.88. The van der Waals surface area contributed by atoms with Crippen LogP contribution in [0.4, 0.5) is 0 Å². The van der Waals surface area contributed by atoms with Gasteiger partial charge < -0.3 is 9.84 Å². The van der Waals surface area contributed by atoms with Gasteiger partial charge in [0.2, 0.25) is 0 Å². The number of nitrogens with zero attached hydrogens (tertiary/aromatic N) is 1. The quantitative estimate of drug-likeness (QED) is 0.778. The zero-order valence-corrected chi connectivity index (χ0v) is 10.6. The summed E-state index contributed by atoms with van der Waals surface area (Å²) in [6.07, 6.45) is 4.59.